The summed E-state index contributed by atoms with van der Waals surface area (Å²) in [4.78, 5) is 12.5. The van der Waals surface area contributed by atoms with Gasteiger partial charge in [0.1, 0.15) is 6.61 Å². The molecule has 70 valence electrons. The highest BCUT2D eigenvalue weighted by Crippen LogP contribution is 2.05. The Morgan fingerprint density at radius 3 is 3.31 bits per heavy atom. The van der Waals surface area contributed by atoms with E-state index in [0.717, 1.165) is 11.7 Å². The molecule has 0 aromatic carbocycles. The van der Waals surface area contributed by atoms with Crippen LogP contribution in [0.15, 0.2) is 6.20 Å². The third-order valence-corrected chi connectivity index (χ3v) is 2.14. The number of hydrogen-bond acceptors (Lipinski definition) is 6. The first-order valence-corrected chi connectivity index (χ1v) is 4.52. The van der Waals surface area contributed by atoms with Gasteiger partial charge < -0.3 is 10.1 Å². The van der Waals surface area contributed by atoms with E-state index in [1.54, 1.807) is 11.1 Å². The van der Waals surface area contributed by atoms with Crippen LogP contribution in [0.3, 0.4) is 0 Å². The first-order chi connectivity index (χ1) is 6.36. The Morgan fingerprint density at radius 2 is 2.69 bits per heavy atom. The molecule has 1 amide bonds. The molecule has 7 heteroatoms. The normalized spacial score (nSPS) is 16.0. The lowest BCUT2D eigenvalue weighted by Crippen LogP contribution is -2.30. The highest BCUT2D eigenvalue weighted by molar-refractivity contribution is 6.99. The van der Waals surface area contributed by atoms with Crippen LogP contribution in [0.1, 0.15) is 0 Å². The zero-order chi connectivity index (χ0) is 9.10. The maximum Gasteiger partial charge on any atom is 0.411 e. The standard InChI is InChI=1S/C6H8N4O2S/c11-6-10(1-2-12-6)4-7-5-3-8-13-9-5/h3H,1-2,4H2,(H,7,9). The first kappa shape index (κ1) is 8.24. The van der Waals surface area contributed by atoms with Crippen LogP contribution in [-0.2, 0) is 4.74 Å². The summed E-state index contributed by atoms with van der Waals surface area (Å²) in [6.45, 7) is 1.52. The van der Waals surface area contributed by atoms with Crippen molar-refractivity contribution in [2.24, 2.45) is 0 Å². The summed E-state index contributed by atoms with van der Waals surface area (Å²) in [5.74, 6) is 0.685. The molecular formula is C6H8N4O2S. The van der Waals surface area contributed by atoms with Crippen LogP contribution in [0, 0.1) is 0 Å². The van der Waals surface area contributed by atoms with Gasteiger partial charge in [0.15, 0.2) is 5.82 Å². The molecule has 1 aliphatic heterocycles. The van der Waals surface area contributed by atoms with Crippen LogP contribution >= 0.6 is 11.7 Å². The number of carbonyl (C=O) groups is 1. The number of nitrogens with one attached hydrogen (secondary N) is 1. The molecule has 0 spiro atoms. The summed E-state index contributed by atoms with van der Waals surface area (Å²) in [5.41, 5.74) is 0. The number of aromatic nitrogens is 2. The molecule has 1 aliphatic rings. The minimum absolute atomic E-state index is 0.282. The van der Waals surface area contributed by atoms with Gasteiger partial charge in [-0.05, 0) is 0 Å². The number of carbonyl (C=O) groups excluding carboxylic acids is 1. The van der Waals surface area contributed by atoms with Crippen molar-refractivity contribution in [3.63, 3.8) is 0 Å². The van der Waals surface area contributed by atoms with E-state index in [9.17, 15) is 4.79 Å². The van der Waals surface area contributed by atoms with Crippen molar-refractivity contribution in [1.82, 2.24) is 13.6 Å². The Kier molecular flexibility index (Phi) is 2.26. The monoisotopic (exact) mass is 200 g/mol. The zero-order valence-corrected chi connectivity index (χ0v) is 7.58. The number of cyclic esters (lactones) is 1. The molecular weight excluding hydrogens is 192 g/mol. The molecule has 0 saturated carbocycles. The molecule has 0 bridgehead atoms. The molecule has 6 nitrogen and oxygen atoms in total. The first-order valence-electron chi connectivity index (χ1n) is 3.79. The molecule has 1 aromatic rings. The third-order valence-electron chi connectivity index (χ3n) is 1.66. The molecule has 0 radical (unpaired) electrons. The number of ether oxygens (including phenoxy) is 1. The van der Waals surface area contributed by atoms with Crippen molar-refractivity contribution >= 4 is 23.6 Å². The molecule has 2 heterocycles. The van der Waals surface area contributed by atoms with Gasteiger partial charge in [0.05, 0.1) is 31.1 Å². The minimum atomic E-state index is -0.282. The smallest absolute Gasteiger partial charge is 0.411 e. The van der Waals surface area contributed by atoms with E-state index in [1.807, 2.05) is 0 Å². The SMILES string of the molecule is O=C1OCCN1CNc1cnsn1. The largest absolute Gasteiger partial charge is 0.447 e. The average Bonchev–Trinajstić information content (AvgIpc) is 2.72. The van der Waals surface area contributed by atoms with Crippen molar-refractivity contribution in [1.29, 1.82) is 0 Å². The summed E-state index contributed by atoms with van der Waals surface area (Å²) in [6.07, 6.45) is 1.34. The highest BCUT2D eigenvalue weighted by Gasteiger charge is 2.21. The van der Waals surface area contributed by atoms with Crippen molar-refractivity contribution in [2.75, 3.05) is 25.1 Å². The maximum atomic E-state index is 11.0. The molecule has 1 fully saturated rings. The van der Waals surface area contributed by atoms with Crippen LogP contribution in [0.4, 0.5) is 10.6 Å². The van der Waals surface area contributed by atoms with Gasteiger partial charge in [-0.25, -0.2) is 4.79 Å². The lowest BCUT2D eigenvalue weighted by molar-refractivity contribution is 0.160. The van der Waals surface area contributed by atoms with E-state index in [2.05, 4.69) is 14.1 Å². The maximum absolute atomic E-state index is 11.0. The predicted molar refractivity (Wildman–Crippen MR) is 46.5 cm³/mol. The number of amides is 1. The average molecular weight is 200 g/mol. The van der Waals surface area contributed by atoms with Crippen molar-refractivity contribution in [3.8, 4) is 0 Å². The van der Waals surface area contributed by atoms with Gasteiger partial charge in [0.25, 0.3) is 0 Å². The van der Waals surface area contributed by atoms with Gasteiger partial charge in [-0.1, -0.05) is 0 Å². The van der Waals surface area contributed by atoms with E-state index in [4.69, 9.17) is 4.74 Å². The fourth-order valence-electron chi connectivity index (χ4n) is 0.988. The van der Waals surface area contributed by atoms with Crippen LogP contribution in [0.5, 0.6) is 0 Å². The van der Waals surface area contributed by atoms with E-state index in [-0.39, 0.29) is 6.09 Å². The molecule has 13 heavy (non-hydrogen) atoms. The van der Waals surface area contributed by atoms with E-state index in [0.29, 0.717) is 25.6 Å². The summed E-state index contributed by atoms with van der Waals surface area (Å²) in [7, 11) is 0. The summed E-state index contributed by atoms with van der Waals surface area (Å²) < 4.78 is 12.5. The van der Waals surface area contributed by atoms with Gasteiger partial charge in [-0.3, -0.25) is 4.90 Å². The Bertz CT molecular complexity index is 289. The van der Waals surface area contributed by atoms with Gasteiger partial charge in [-0.2, -0.15) is 8.75 Å². The lowest BCUT2D eigenvalue weighted by atomic mass is 10.6. The molecule has 1 N–H and O–H groups in total. The summed E-state index contributed by atoms with van der Waals surface area (Å²) >= 11 is 1.13. The molecule has 1 aromatic heterocycles. The Labute approximate surface area is 78.8 Å². The number of anilines is 1. The van der Waals surface area contributed by atoms with Gasteiger partial charge >= 0.3 is 6.09 Å². The molecule has 0 aliphatic carbocycles. The third kappa shape index (κ3) is 1.86. The second-order valence-electron chi connectivity index (χ2n) is 2.51. The second kappa shape index (κ2) is 3.56. The fraction of sp³-hybridized carbons (Fsp3) is 0.500. The van der Waals surface area contributed by atoms with Crippen LogP contribution in [0.25, 0.3) is 0 Å². The van der Waals surface area contributed by atoms with Gasteiger partial charge in [0.2, 0.25) is 0 Å². The molecule has 0 unspecified atom stereocenters. The Balaban J connectivity index is 1.82. The van der Waals surface area contributed by atoms with Crippen molar-refractivity contribution in [2.45, 2.75) is 0 Å². The Morgan fingerprint density at radius 1 is 1.77 bits per heavy atom. The van der Waals surface area contributed by atoms with Crippen molar-refractivity contribution < 1.29 is 9.53 Å². The quantitative estimate of drug-likeness (QED) is 0.763. The number of hydrogen-bond donors (Lipinski definition) is 1. The zero-order valence-electron chi connectivity index (χ0n) is 6.77. The Hall–Kier alpha value is -1.37. The van der Waals surface area contributed by atoms with Crippen molar-refractivity contribution in [3.05, 3.63) is 6.20 Å². The van der Waals surface area contributed by atoms with Crippen LogP contribution in [0.2, 0.25) is 0 Å². The molecule has 0 atom stereocenters. The number of rotatable bonds is 3. The second-order valence-corrected chi connectivity index (χ2v) is 3.06. The summed E-state index contributed by atoms with van der Waals surface area (Å²) in [5, 5.41) is 2.96. The fourth-order valence-corrected chi connectivity index (χ4v) is 1.38. The molecule has 2 rings (SSSR count). The minimum Gasteiger partial charge on any atom is -0.447 e. The topological polar surface area (TPSA) is 67.3 Å². The predicted octanol–water partition coefficient (Wildman–Crippen LogP) is 0.360. The lowest BCUT2D eigenvalue weighted by Gasteiger charge is -2.11. The van der Waals surface area contributed by atoms with Crippen LogP contribution in [-0.4, -0.2) is 39.6 Å². The highest BCUT2D eigenvalue weighted by atomic mass is 32.1. The van der Waals surface area contributed by atoms with Crippen LogP contribution < -0.4 is 5.32 Å². The summed E-state index contributed by atoms with van der Waals surface area (Å²) in [6, 6.07) is 0. The number of nitrogens with zero attached hydrogens (tertiary/aromatic N) is 3. The van der Waals surface area contributed by atoms with E-state index >= 15 is 0 Å². The van der Waals surface area contributed by atoms with E-state index < -0.39 is 0 Å². The molecule has 1 saturated heterocycles. The van der Waals surface area contributed by atoms with Gasteiger partial charge in [-0.15, -0.1) is 0 Å². The van der Waals surface area contributed by atoms with E-state index in [1.165, 1.54) is 0 Å². The van der Waals surface area contributed by atoms with Gasteiger partial charge in [0, 0.05) is 0 Å².